The van der Waals surface area contributed by atoms with Gasteiger partial charge in [-0.25, -0.2) is 0 Å². The number of halogens is 2. The smallest absolute Gasteiger partial charge is 0.242 e. The lowest BCUT2D eigenvalue weighted by Crippen LogP contribution is -2.39. The fourth-order valence-corrected chi connectivity index (χ4v) is 4.86. The maximum absolute atomic E-state index is 14.1. The summed E-state index contributed by atoms with van der Waals surface area (Å²) in [5.41, 5.74) is 3.20. The van der Waals surface area contributed by atoms with Gasteiger partial charge in [-0.15, -0.1) is 0 Å². The number of amides is 1. The average Bonchev–Trinajstić information content (AvgIpc) is 3.01. The molecule has 0 saturated carbocycles. The van der Waals surface area contributed by atoms with E-state index in [9.17, 15) is 4.79 Å². The lowest BCUT2D eigenvalue weighted by atomic mass is 9.77. The number of nitrogens with zero attached hydrogens (tertiary/aromatic N) is 2. The van der Waals surface area contributed by atoms with Crippen molar-refractivity contribution in [3.05, 3.63) is 81.3 Å². The van der Waals surface area contributed by atoms with Gasteiger partial charge in [0.15, 0.2) is 0 Å². The van der Waals surface area contributed by atoms with Crippen molar-refractivity contribution >= 4 is 40.5 Å². The van der Waals surface area contributed by atoms with E-state index < -0.39 is 5.41 Å². The first-order valence-electron chi connectivity index (χ1n) is 10.5. The highest BCUT2D eigenvalue weighted by atomic mass is 35.5. The molecule has 0 radical (unpaired) electrons. The highest BCUT2D eigenvalue weighted by Gasteiger charge is 2.50. The monoisotopic (exact) mass is 484 g/mol. The van der Waals surface area contributed by atoms with Crippen LogP contribution in [-0.2, 0) is 16.8 Å². The predicted molar refractivity (Wildman–Crippen MR) is 134 cm³/mol. The first kappa shape index (κ1) is 23.3. The quantitative estimate of drug-likeness (QED) is 0.434. The highest BCUT2D eigenvalue weighted by Crippen LogP contribution is 2.50. The summed E-state index contributed by atoms with van der Waals surface area (Å²) in [4.78, 5) is 17.9. The van der Waals surface area contributed by atoms with Gasteiger partial charge in [-0.2, -0.15) is 0 Å². The van der Waals surface area contributed by atoms with Gasteiger partial charge in [-0.05, 0) is 66.6 Å². The number of rotatable bonds is 6. The predicted octanol–water partition coefficient (Wildman–Crippen LogP) is 5.93. The molecule has 1 amide bonds. The van der Waals surface area contributed by atoms with Gasteiger partial charge < -0.3 is 19.3 Å². The number of hydrogen-bond acceptors (Lipinski definition) is 4. The molecule has 0 N–H and O–H groups in total. The highest BCUT2D eigenvalue weighted by molar-refractivity contribution is 6.33. The van der Waals surface area contributed by atoms with Gasteiger partial charge in [-0.3, -0.25) is 4.79 Å². The zero-order chi connectivity index (χ0) is 23.9. The Bertz CT molecular complexity index is 1230. The van der Waals surface area contributed by atoms with Crippen LogP contribution in [0.4, 0.5) is 11.4 Å². The molecule has 4 rings (SSSR count). The Balaban J connectivity index is 1.86. The molecule has 1 aliphatic rings. The fraction of sp³-hybridized carbons (Fsp3) is 0.269. The van der Waals surface area contributed by atoms with Crippen LogP contribution in [0.2, 0.25) is 10.0 Å². The van der Waals surface area contributed by atoms with E-state index in [0.717, 1.165) is 28.1 Å². The SMILES string of the molecule is COc1ccc(CN2C(=O)C(C)(c3cc(N(C)C)ccc3Cl)c3cc(Cl)ccc32)c(OC)c1. The van der Waals surface area contributed by atoms with Crippen LogP contribution in [0.1, 0.15) is 23.6 Å². The zero-order valence-electron chi connectivity index (χ0n) is 19.3. The molecule has 1 unspecified atom stereocenters. The van der Waals surface area contributed by atoms with Crippen molar-refractivity contribution in [1.29, 1.82) is 0 Å². The van der Waals surface area contributed by atoms with E-state index in [1.807, 2.05) is 74.4 Å². The van der Waals surface area contributed by atoms with Crippen molar-refractivity contribution < 1.29 is 14.3 Å². The lowest BCUT2D eigenvalue weighted by molar-refractivity contribution is -0.121. The molecular weight excluding hydrogens is 459 g/mol. The molecule has 5 nitrogen and oxygen atoms in total. The van der Waals surface area contributed by atoms with Crippen LogP contribution >= 0.6 is 23.2 Å². The Labute approximate surface area is 204 Å². The molecule has 33 heavy (non-hydrogen) atoms. The molecule has 1 aliphatic heterocycles. The van der Waals surface area contributed by atoms with Crippen molar-refractivity contribution in [2.24, 2.45) is 0 Å². The van der Waals surface area contributed by atoms with E-state index >= 15 is 0 Å². The minimum absolute atomic E-state index is 0.0737. The molecule has 0 aliphatic carbocycles. The topological polar surface area (TPSA) is 42.0 Å². The van der Waals surface area contributed by atoms with Crippen molar-refractivity contribution in [3.63, 3.8) is 0 Å². The standard InChI is InChI=1S/C26H26Cl2N2O3/c1-26(20-13-18(29(2)3)8-10-22(20)28)21-12-17(27)7-11-23(21)30(25(26)31)15-16-6-9-19(32-4)14-24(16)33-5/h6-14H,15H2,1-5H3. The molecule has 1 atom stereocenters. The Morgan fingerprint density at radius 1 is 0.939 bits per heavy atom. The van der Waals surface area contributed by atoms with Gasteiger partial charge in [-0.1, -0.05) is 23.2 Å². The third-order valence-electron chi connectivity index (χ3n) is 6.29. The average molecular weight is 485 g/mol. The number of carbonyl (C=O) groups is 1. The Morgan fingerprint density at radius 3 is 2.36 bits per heavy atom. The second kappa shape index (κ2) is 8.81. The summed E-state index contributed by atoms with van der Waals surface area (Å²) >= 11 is 13.1. The lowest BCUT2D eigenvalue weighted by Gasteiger charge is -2.28. The molecule has 172 valence electrons. The number of hydrogen-bond donors (Lipinski definition) is 0. The third-order valence-corrected chi connectivity index (χ3v) is 6.85. The van der Waals surface area contributed by atoms with Crippen LogP contribution in [0.25, 0.3) is 0 Å². The van der Waals surface area contributed by atoms with Crippen molar-refractivity contribution in [1.82, 2.24) is 0 Å². The normalized spacial score (nSPS) is 17.2. The molecular formula is C26H26Cl2N2O3. The minimum atomic E-state index is -0.997. The van der Waals surface area contributed by atoms with Crippen LogP contribution in [0.3, 0.4) is 0 Å². The van der Waals surface area contributed by atoms with Gasteiger partial charge in [0.25, 0.3) is 0 Å². The summed E-state index contributed by atoms with van der Waals surface area (Å²) in [6.45, 7) is 2.25. The Kier molecular flexibility index (Phi) is 6.21. The summed E-state index contributed by atoms with van der Waals surface area (Å²) in [6.07, 6.45) is 0. The zero-order valence-corrected chi connectivity index (χ0v) is 20.8. The second-order valence-electron chi connectivity index (χ2n) is 8.41. The molecule has 3 aromatic rings. The molecule has 7 heteroatoms. The first-order valence-corrected chi connectivity index (χ1v) is 11.3. The fourth-order valence-electron chi connectivity index (χ4n) is 4.38. The van der Waals surface area contributed by atoms with Gasteiger partial charge >= 0.3 is 0 Å². The molecule has 3 aromatic carbocycles. The summed E-state index contributed by atoms with van der Waals surface area (Å²) in [6, 6.07) is 16.9. The van der Waals surface area contributed by atoms with Crippen LogP contribution in [0.15, 0.2) is 54.6 Å². The van der Waals surface area contributed by atoms with E-state index in [1.165, 1.54) is 0 Å². The second-order valence-corrected chi connectivity index (χ2v) is 9.26. The molecule has 0 saturated heterocycles. The van der Waals surface area contributed by atoms with Gasteiger partial charge in [0.05, 0.1) is 20.8 Å². The maximum atomic E-state index is 14.1. The molecule has 0 bridgehead atoms. The summed E-state index contributed by atoms with van der Waals surface area (Å²) in [5.74, 6) is 1.27. The Hall–Kier alpha value is -2.89. The first-order chi connectivity index (χ1) is 15.7. The number of fused-ring (bicyclic) bond motifs is 1. The maximum Gasteiger partial charge on any atom is 0.242 e. The van der Waals surface area contributed by atoms with E-state index in [-0.39, 0.29) is 5.91 Å². The summed E-state index contributed by atoms with van der Waals surface area (Å²) in [7, 11) is 7.13. The largest absolute Gasteiger partial charge is 0.497 e. The van der Waals surface area contributed by atoms with Crippen LogP contribution in [0, 0.1) is 0 Å². The van der Waals surface area contributed by atoms with Crippen LogP contribution in [0.5, 0.6) is 11.5 Å². The van der Waals surface area contributed by atoms with Crippen molar-refractivity contribution in [2.75, 3.05) is 38.1 Å². The summed E-state index contributed by atoms with van der Waals surface area (Å²) in [5, 5.41) is 1.10. The van der Waals surface area contributed by atoms with Crippen LogP contribution in [-0.4, -0.2) is 34.2 Å². The van der Waals surface area contributed by atoms with Crippen molar-refractivity contribution in [2.45, 2.75) is 18.9 Å². The van der Waals surface area contributed by atoms with E-state index in [0.29, 0.717) is 28.1 Å². The Morgan fingerprint density at radius 2 is 1.70 bits per heavy atom. The number of methoxy groups -OCH3 is 2. The van der Waals surface area contributed by atoms with E-state index in [4.69, 9.17) is 32.7 Å². The minimum Gasteiger partial charge on any atom is -0.497 e. The third kappa shape index (κ3) is 3.90. The van der Waals surface area contributed by atoms with Gasteiger partial charge in [0.1, 0.15) is 16.9 Å². The van der Waals surface area contributed by atoms with E-state index in [2.05, 4.69) is 0 Å². The molecule has 0 spiro atoms. The number of carbonyl (C=O) groups excluding carboxylic acids is 1. The van der Waals surface area contributed by atoms with Gasteiger partial charge in [0.2, 0.25) is 5.91 Å². The van der Waals surface area contributed by atoms with Crippen molar-refractivity contribution in [3.8, 4) is 11.5 Å². The summed E-state index contributed by atoms with van der Waals surface area (Å²) < 4.78 is 10.9. The number of ether oxygens (including phenoxy) is 2. The number of anilines is 2. The van der Waals surface area contributed by atoms with E-state index in [1.54, 1.807) is 25.2 Å². The molecule has 0 fully saturated rings. The number of benzene rings is 3. The van der Waals surface area contributed by atoms with Gasteiger partial charge in [0, 0.05) is 47.1 Å². The molecule has 1 heterocycles. The van der Waals surface area contributed by atoms with Crippen LogP contribution < -0.4 is 19.3 Å². The molecule has 0 aromatic heterocycles.